The predicted molar refractivity (Wildman–Crippen MR) is 77.0 cm³/mol. The van der Waals surface area contributed by atoms with Crippen molar-refractivity contribution in [2.24, 2.45) is 5.14 Å². The van der Waals surface area contributed by atoms with E-state index < -0.39 is 10.0 Å². The van der Waals surface area contributed by atoms with Gasteiger partial charge in [-0.3, -0.25) is 0 Å². The van der Waals surface area contributed by atoms with Crippen molar-refractivity contribution < 1.29 is 39.4 Å². The summed E-state index contributed by atoms with van der Waals surface area (Å²) >= 11 is 4.08. The molecule has 0 fully saturated rings. The summed E-state index contributed by atoms with van der Waals surface area (Å²) in [6, 6.07) is 15.5. The van der Waals surface area contributed by atoms with Crippen LogP contribution in [0.25, 0.3) is 0 Å². The van der Waals surface area contributed by atoms with Gasteiger partial charge in [0.05, 0.1) is 4.90 Å². The monoisotopic (exact) mass is 306 g/mol. The number of benzene rings is 2. The molecule has 0 amide bonds. The van der Waals surface area contributed by atoms with Gasteiger partial charge in [-0.05, 0) is 36.4 Å². The molecular weight excluding hydrogens is 291 g/mol. The van der Waals surface area contributed by atoms with Gasteiger partial charge in [0.2, 0.25) is 10.0 Å². The van der Waals surface area contributed by atoms with E-state index >= 15 is 0 Å². The Hall–Kier alpha value is -0.500. The number of nitrogen functional groups attached to an aromatic ring is 1. The van der Waals surface area contributed by atoms with Crippen LogP contribution in [0.4, 0.5) is 5.69 Å². The standard InChI is InChI=1S/C6H8N2O2S.C6H6S.Na.H/c7-5-1-3-6(4-2-5)11(8,9)10;7-6-4-2-1-3-5-6;;/h1-4H,7H2,(H2,8,9,10);1-5,7H;;/q;;+1;-1. The molecule has 0 heterocycles. The quantitative estimate of drug-likeness (QED) is 0.359. The van der Waals surface area contributed by atoms with Gasteiger partial charge in [0.25, 0.3) is 0 Å². The first-order chi connectivity index (χ1) is 8.39. The molecular formula is C12H15N2NaO2S2. The van der Waals surface area contributed by atoms with Gasteiger partial charge in [0, 0.05) is 10.6 Å². The molecule has 2 aromatic rings. The van der Waals surface area contributed by atoms with Gasteiger partial charge < -0.3 is 7.16 Å². The molecule has 0 radical (unpaired) electrons. The number of nitrogens with two attached hydrogens (primary N) is 2. The minimum atomic E-state index is -3.58. The average Bonchev–Trinajstić information content (AvgIpc) is 2.30. The van der Waals surface area contributed by atoms with Crippen LogP contribution in [0.3, 0.4) is 0 Å². The van der Waals surface area contributed by atoms with E-state index in [9.17, 15) is 8.42 Å². The van der Waals surface area contributed by atoms with Crippen molar-refractivity contribution in [1.82, 2.24) is 0 Å². The molecule has 4 N–H and O–H groups in total. The summed E-state index contributed by atoms with van der Waals surface area (Å²) in [6.45, 7) is 0. The first-order valence-corrected chi connectivity index (χ1v) is 7.01. The van der Waals surface area contributed by atoms with Crippen LogP contribution in [0.1, 0.15) is 1.43 Å². The summed E-state index contributed by atoms with van der Waals surface area (Å²) in [5.74, 6) is 0. The van der Waals surface area contributed by atoms with Crippen LogP contribution in [0, 0.1) is 0 Å². The third-order valence-corrected chi connectivity index (χ3v) is 3.19. The zero-order chi connectivity index (χ0) is 13.6. The van der Waals surface area contributed by atoms with Gasteiger partial charge >= 0.3 is 29.6 Å². The van der Waals surface area contributed by atoms with Gasteiger partial charge in [-0.1, -0.05) is 18.2 Å². The maximum absolute atomic E-state index is 10.7. The van der Waals surface area contributed by atoms with Crippen molar-refractivity contribution >= 4 is 28.3 Å². The van der Waals surface area contributed by atoms with Crippen molar-refractivity contribution in [2.75, 3.05) is 5.73 Å². The number of anilines is 1. The number of hydrogen-bond acceptors (Lipinski definition) is 4. The molecule has 0 aliphatic heterocycles. The molecule has 7 heteroatoms. The van der Waals surface area contributed by atoms with Crippen molar-refractivity contribution in [3.8, 4) is 0 Å². The molecule has 0 bridgehead atoms. The molecule has 0 atom stereocenters. The van der Waals surface area contributed by atoms with Crippen molar-refractivity contribution in [3.63, 3.8) is 0 Å². The van der Waals surface area contributed by atoms with Crippen molar-refractivity contribution in [3.05, 3.63) is 54.6 Å². The minimum absolute atomic E-state index is 0. The van der Waals surface area contributed by atoms with Crippen LogP contribution >= 0.6 is 12.6 Å². The Balaban J connectivity index is 0. The van der Waals surface area contributed by atoms with Crippen LogP contribution < -0.4 is 40.4 Å². The minimum Gasteiger partial charge on any atom is -1.00 e. The normalized spacial score (nSPS) is 9.79. The number of primary sulfonamides is 1. The Labute approximate surface area is 142 Å². The summed E-state index contributed by atoms with van der Waals surface area (Å²) in [5, 5.41) is 4.84. The van der Waals surface area contributed by atoms with Gasteiger partial charge in [-0.15, -0.1) is 12.6 Å². The van der Waals surface area contributed by atoms with Gasteiger partial charge in [-0.25, -0.2) is 13.6 Å². The van der Waals surface area contributed by atoms with E-state index in [2.05, 4.69) is 12.6 Å². The Bertz CT molecular complexity index is 593. The van der Waals surface area contributed by atoms with E-state index in [1.165, 1.54) is 24.3 Å². The number of hydrogen-bond donors (Lipinski definition) is 3. The van der Waals surface area contributed by atoms with E-state index in [1.807, 2.05) is 30.3 Å². The molecule has 0 aliphatic carbocycles. The van der Waals surface area contributed by atoms with Crippen LogP contribution in [0.5, 0.6) is 0 Å². The topological polar surface area (TPSA) is 86.2 Å². The van der Waals surface area contributed by atoms with E-state index in [0.29, 0.717) is 5.69 Å². The molecule has 0 aliphatic rings. The SMILES string of the molecule is Nc1ccc(S(N)(=O)=O)cc1.Sc1ccccc1.[H-].[Na+]. The fraction of sp³-hybridized carbons (Fsp3) is 0. The fourth-order valence-electron chi connectivity index (χ4n) is 1.09. The van der Waals surface area contributed by atoms with E-state index in [1.54, 1.807) is 0 Å². The Morgan fingerprint density at radius 2 is 1.42 bits per heavy atom. The molecule has 0 saturated carbocycles. The fourth-order valence-corrected chi connectivity index (χ4v) is 1.77. The predicted octanol–water partition coefficient (Wildman–Crippen LogP) is -0.992. The second-order valence-corrected chi connectivity index (χ2v) is 5.53. The molecule has 0 spiro atoms. The molecule has 0 aromatic heterocycles. The summed E-state index contributed by atoms with van der Waals surface area (Å²) < 4.78 is 21.4. The Kier molecular flexibility index (Phi) is 8.40. The van der Waals surface area contributed by atoms with E-state index in [4.69, 9.17) is 10.9 Å². The maximum Gasteiger partial charge on any atom is 1.00 e. The molecule has 98 valence electrons. The van der Waals surface area contributed by atoms with Crippen LogP contribution in [0.2, 0.25) is 0 Å². The zero-order valence-electron chi connectivity index (χ0n) is 11.5. The molecule has 4 nitrogen and oxygen atoms in total. The zero-order valence-corrected chi connectivity index (χ0v) is 14.2. The Morgan fingerprint density at radius 3 is 1.74 bits per heavy atom. The third-order valence-electron chi connectivity index (χ3n) is 1.96. The molecule has 2 aromatic carbocycles. The second-order valence-electron chi connectivity index (χ2n) is 3.45. The molecule has 19 heavy (non-hydrogen) atoms. The van der Waals surface area contributed by atoms with Crippen molar-refractivity contribution in [1.29, 1.82) is 0 Å². The third kappa shape index (κ3) is 7.61. The largest absolute Gasteiger partial charge is 1.00 e. The van der Waals surface area contributed by atoms with Crippen LogP contribution in [-0.2, 0) is 10.0 Å². The van der Waals surface area contributed by atoms with E-state index in [-0.39, 0.29) is 35.9 Å². The number of sulfonamides is 1. The first-order valence-electron chi connectivity index (χ1n) is 5.02. The van der Waals surface area contributed by atoms with Crippen LogP contribution in [-0.4, -0.2) is 8.42 Å². The number of rotatable bonds is 1. The van der Waals surface area contributed by atoms with Gasteiger partial charge in [-0.2, -0.15) is 0 Å². The summed E-state index contributed by atoms with van der Waals surface area (Å²) in [6.07, 6.45) is 0. The number of thiol groups is 1. The summed E-state index contributed by atoms with van der Waals surface area (Å²) in [7, 11) is -3.58. The molecule has 0 unspecified atom stereocenters. The maximum atomic E-state index is 10.7. The Morgan fingerprint density at radius 1 is 0.947 bits per heavy atom. The van der Waals surface area contributed by atoms with Crippen molar-refractivity contribution in [2.45, 2.75) is 9.79 Å². The van der Waals surface area contributed by atoms with Gasteiger partial charge in [0.15, 0.2) is 0 Å². The smallest absolute Gasteiger partial charge is 1.00 e. The van der Waals surface area contributed by atoms with Gasteiger partial charge in [0.1, 0.15) is 0 Å². The average molecular weight is 306 g/mol. The molecule has 0 saturated heterocycles. The van der Waals surface area contributed by atoms with E-state index in [0.717, 1.165) is 4.90 Å². The second kappa shape index (κ2) is 8.63. The molecule has 2 rings (SSSR count). The summed E-state index contributed by atoms with van der Waals surface area (Å²) in [4.78, 5) is 1.09. The first kappa shape index (κ1) is 18.5. The van der Waals surface area contributed by atoms with Crippen LogP contribution in [0.15, 0.2) is 64.4 Å². The summed E-state index contributed by atoms with van der Waals surface area (Å²) in [5.41, 5.74) is 5.85.